The van der Waals surface area contributed by atoms with E-state index in [2.05, 4.69) is 5.32 Å². The zero-order chi connectivity index (χ0) is 20.6. The lowest BCUT2D eigenvalue weighted by Crippen LogP contribution is -2.48. The van der Waals surface area contributed by atoms with E-state index in [0.29, 0.717) is 18.8 Å². The summed E-state index contributed by atoms with van der Waals surface area (Å²) in [4.78, 5) is 12.1. The number of amides is 1. The van der Waals surface area contributed by atoms with Crippen molar-refractivity contribution in [3.05, 3.63) is 65.7 Å². The van der Waals surface area contributed by atoms with Gasteiger partial charge in [0.1, 0.15) is 18.0 Å². The molecule has 0 aromatic heterocycles. The molecule has 6 heteroatoms. The Morgan fingerprint density at radius 1 is 1.07 bits per heavy atom. The summed E-state index contributed by atoms with van der Waals surface area (Å²) >= 11 is 0. The molecule has 0 saturated heterocycles. The standard InChI is InChI=1S/C22H29NO5/c1-22(2,3)28-21(26)23-19(20(25)14-24)13-17-10-7-11-18(12-17)27-15-16-8-5-4-6-9-16/h4-12,19-20,24-25H,13-15H2,1-3H3,(H,23,26)/t19-,20+/m0/s1. The van der Waals surface area contributed by atoms with E-state index in [1.165, 1.54) is 0 Å². The maximum absolute atomic E-state index is 12.1. The average Bonchev–Trinajstić information content (AvgIpc) is 2.65. The minimum Gasteiger partial charge on any atom is -0.489 e. The monoisotopic (exact) mass is 387 g/mol. The van der Waals surface area contributed by atoms with Crippen molar-refractivity contribution in [2.24, 2.45) is 0 Å². The zero-order valence-corrected chi connectivity index (χ0v) is 16.6. The summed E-state index contributed by atoms with van der Waals surface area (Å²) in [6, 6.07) is 16.6. The van der Waals surface area contributed by atoms with E-state index in [0.717, 1.165) is 11.1 Å². The van der Waals surface area contributed by atoms with Gasteiger partial charge in [-0.1, -0.05) is 42.5 Å². The number of hydrogen-bond acceptors (Lipinski definition) is 5. The molecule has 0 unspecified atom stereocenters. The number of hydrogen-bond donors (Lipinski definition) is 3. The van der Waals surface area contributed by atoms with Crippen LogP contribution < -0.4 is 10.1 Å². The van der Waals surface area contributed by atoms with Gasteiger partial charge in [0.15, 0.2) is 0 Å². The van der Waals surface area contributed by atoms with Crippen molar-refractivity contribution in [3.63, 3.8) is 0 Å². The highest BCUT2D eigenvalue weighted by Crippen LogP contribution is 2.17. The molecule has 0 fully saturated rings. The topological polar surface area (TPSA) is 88.0 Å². The number of rotatable bonds is 8. The van der Waals surface area contributed by atoms with Crippen LogP contribution in [0.2, 0.25) is 0 Å². The molecule has 2 aromatic rings. The number of nitrogens with one attached hydrogen (secondary N) is 1. The molecule has 1 amide bonds. The van der Waals surface area contributed by atoms with E-state index < -0.39 is 30.4 Å². The van der Waals surface area contributed by atoms with Gasteiger partial charge >= 0.3 is 6.09 Å². The molecule has 6 nitrogen and oxygen atoms in total. The van der Waals surface area contributed by atoms with Gasteiger partial charge in [-0.3, -0.25) is 0 Å². The number of benzene rings is 2. The third-order valence-electron chi connectivity index (χ3n) is 3.96. The lowest BCUT2D eigenvalue weighted by atomic mass is 10.0. The number of ether oxygens (including phenoxy) is 2. The summed E-state index contributed by atoms with van der Waals surface area (Å²) < 4.78 is 11.1. The fourth-order valence-electron chi connectivity index (χ4n) is 2.63. The molecule has 2 aromatic carbocycles. The van der Waals surface area contributed by atoms with Gasteiger partial charge in [-0.15, -0.1) is 0 Å². The van der Waals surface area contributed by atoms with Crippen molar-refractivity contribution >= 4 is 6.09 Å². The largest absolute Gasteiger partial charge is 0.489 e. The summed E-state index contributed by atoms with van der Waals surface area (Å²) in [5.41, 5.74) is 1.27. The van der Waals surface area contributed by atoms with Crippen LogP contribution in [0.3, 0.4) is 0 Å². The number of aliphatic hydroxyl groups is 2. The Hall–Kier alpha value is -2.57. The minimum absolute atomic E-state index is 0.323. The fraction of sp³-hybridized carbons (Fsp3) is 0.409. The van der Waals surface area contributed by atoms with Gasteiger partial charge in [0, 0.05) is 0 Å². The molecule has 3 N–H and O–H groups in total. The van der Waals surface area contributed by atoms with Crippen molar-refractivity contribution in [1.29, 1.82) is 0 Å². The maximum atomic E-state index is 12.1. The molecule has 152 valence electrons. The summed E-state index contributed by atoms with van der Waals surface area (Å²) in [5, 5.41) is 22.1. The number of alkyl carbamates (subject to hydrolysis) is 1. The number of carbonyl (C=O) groups is 1. The predicted molar refractivity (Wildman–Crippen MR) is 107 cm³/mol. The second-order valence-electron chi connectivity index (χ2n) is 7.63. The first kappa shape index (κ1) is 21.7. The van der Waals surface area contributed by atoms with Gasteiger partial charge in [0.2, 0.25) is 0 Å². The van der Waals surface area contributed by atoms with Crippen molar-refractivity contribution in [3.8, 4) is 5.75 Å². The van der Waals surface area contributed by atoms with E-state index in [1.807, 2.05) is 54.6 Å². The summed E-state index contributed by atoms with van der Waals surface area (Å²) in [6.45, 7) is 5.26. The smallest absolute Gasteiger partial charge is 0.407 e. The quantitative estimate of drug-likeness (QED) is 0.648. The van der Waals surface area contributed by atoms with Gasteiger partial charge in [-0.25, -0.2) is 4.79 Å². The molecule has 2 rings (SSSR count). The minimum atomic E-state index is -1.11. The Kier molecular flexibility index (Phi) is 7.84. The molecule has 28 heavy (non-hydrogen) atoms. The first-order chi connectivity index (χ1) is 13.3. The van der Waals surface area contributed by atoms with Crippen molar-refractivity contribution in [1.82, 2.24) is 5.32 Å². The van der Waals surface area contributed by atoms with Gasteiger partial charge < -0.3 is 25.0 Å². The lowest BCUT2D eigenvalue weighted by molar-refractivity contribution is 0.0320. The molecule has 0 radical (unpaired) electrons. The van der Waals surface area contributed by atoms with Crippen LogP contribution in [0, 0.1) is 0 Å². The van der Waals surface area contributed by atoms with Crippen LogP contribution in [0.15, 0.2) is 54.6 Å². The highest BCUT2D eigenvalue weighted by molar-refractivity contribution is 5.68. The van der Waals surface area contributed by atoms with Gasteiger partial charge in [0.25, 0.3) is 0 Å². The maximum Gasteiger partial charge on any atom is 0.407 e. The van der Waals surface area contributed by atoms with E-state index in [1.54, 1.807) is 20.8 Å². The molecule has 0 aliphatic heterocycles. The molecule has 0 heterocycles. The Morgan fingerprint density at radius 3 is 2.39 bits per heavy atom. The molecule has 0 aliphatic carbocycles. The first-order valence-electron chi connectivity index (χ1n) is 9.31. The van der Waals surface area contributed by atoms with Gasteiger partial charge in [0.05, 0.1) is 18.8 Å². The first-order valence-corrected chi connectivity index (χ1v) is 9.31. The van der Waals surface area contributed by atoms with E-state index >= 15 is 0 Å². The number of aliphatic hydroxyl groups excluding tert-OH is 2. The van der Waals surface area contributed by atoms with Crippen molar-refractivity contribution in [2.75, 3.05) is 6.61 Å². The van der Waals surface area contributed by atoms with Crippen molar-refractivity contribution in [2.45, 2.75) is 51.5 Å². The van der Waals surface area contributed by atoms with E-state index in [-0.39, 0.29) is 0 Å². The Labute approximate surface area is 166 Å². The Balaban J connectivity index is 2.02. The zero-order valence-electron chi connectivity index (χ0n) is 16.6. The SMILES string of the molecule is CC(C)(C)OC(=O)N[C@@H](Cc1cccc(OCc2ccccc2)c1)[C@H](O)CO. The van der Waals surface area contributed by atoms with Crippen LogP contribution >= 0.6 is 0 Å². The third-order valence-corrected chi connectivity index (χ3v) is 3.96. The Bertz CT molecular complexity index is 742. The van der Waals surface area contributed by atoms with E-state index in [4.69, 9.17) is 9.47 Å². The second kappa shape index (κ2) is 10.1. The fourth-order valence-corrected chi connectivity index (χ4v) is 2.63. The summed E-state index contributed by atoms with van der Waals surface area (Å²) in [5.74, 6) is 0.691. The molecule has 0 spiro atoms. The van der Waals surface area contributed by atoms with Gasteiger partial charge in [-0.05, 0) is 50.5 Å². The van der Waals surface area contributed by atoms with Gasteiger partial charge in [-0.2, -0.15) is 0 Å². The summed E-state index contributed by atoms with van der Waals surface area (Å²) in [6.07, 6.45) is -1.42. The molecular formula is C22H29NO5. The highest BCUT2D eigenvalue weighted by atomic mass is 16.6. The molecule has 0 bridgehead atoms. The average molecular weight is 387 g/mol. The number of carbonyl (C=O) groups excluding carboxylic acids is 1. The van der Waals surface area contributed by atoms with Crippen LogP contribution in [0.25, 0.3) is 0 Å². The van der Waals surface area contributed by atoms with Crippen LogP contribution in [-0.4, -0.2) is 40.7 Å². The lowest BCUT2D eigenvalue weighted by Gasteiger charge is -2.26. The van der Waals surface area contributed by atoms with Crippen LogP contribution in [0.5, 0.6) is 5.75 Å². The van der Waals surface area contributed by atoms with Crippen LogP contribution in [0.4, 0.5) is 4.79 Å². The summed E-state index contributed by atoms with van der Waals surface area (Å²) in [7, 11) is 0. The molecule has 0 saturated carbocycles. The Morgan fingerprint density at radius 2 is 1.75 bits per heavy atom. The van der Waals surface area contributed by atoms with Crippen molar-refractivity contribution < 1.29 is 24.5 Å². The normalized spacial score (nSPS) is 13.5. The molecule has 2 atom stereocenters. The molecule has 0 aliphatic rings. The van der Waals surface area contributed by atoms with Crippen LogP contribution in [0.1, 0.15) is 31.9 Å². The van der Waals surface area contributed by atoms with E-state index in [9.17, 15) is 15.0 Å². The van der Waals surface area contributed by atoms with Crippen LogP contribution in [-0.2, 0) is 17.8 Å². The third kappa shape index (κ3) is 7.58. The highest BCUT2D eigenvalue weighted by Gasteiger charge is 2.24. The predicted octanol–water partition coefficient (Wildman–Crippen LogP) is 3.05. The second-order valence-corrected chi connectivity index (χ2v) is 7.63. The molecular weight excluding hydrogens is 358 g/mol.